The third-order valence-corrected chi connectivity index (χ3v) is 2.21. The summed E-state index contributed by atoms with van der Waals surface area (Å²) < 4.78 is 49.1. The van der Waals surface area contributed by atoms with E-state index in [1.54, 1.807) is 5.32 Å². The summed E-state index contributed by atoms with van der Waals surface area (Å²) in [6, 6.07) is 1.39. The molecule has 0 atom stereocenters. The second-order valence-corrected chi connectivity index (χ2v) is 3.53. The fourth-order valence-corrected chi connectivity index (χ4v) is 1.22. The molecule has 0 saturated carbocycles. The largest absolute Gasteiger partial charge is 0.383 e. The number of aromatic nitrogens is 1. The van der Waals surface area contributed by atoms with E-state index in [0.717, 1.165) is 0 Å². The molecule has 17 heavy (non-hydrogen) atoms. The lowest BCUT2D eigenvalue weighted by molar-refractivity contribution is -0.163. The van der Waals surface area contributed by atoms with Crippen LogP contribution in [0.1, 0.15) is 5.56 Å². The van der Waals surface area contributed by atoms with Crippen molar-refractivity contribution in [1.29, 1.82) is 0 Å². The maximum Gasteiger partial charge on any atom is 0.383 e. The van der Waals surface area contributed by atoms with Crippen molar-refractivity contribution in [2.45, 2.75) is 19.3 Å². The Morgan fingerprint density at radius 2 is 2.12 bits per heavy atom. The standard InChI is InChI=1S/C9H7ClF4N2O/c1-4-2-3-15-6(10)5(4)16-8(17)9(13,14)7(11)12/h2-3,7H,1H3,(H,16,17). The number of nitrogens with one attached hydrogen (secondary N) is 1. The zero-order valence-corrected chi connectivity index (χ0v) is 9.23. The number of halogens is 5. The molecule has 1 rings (SSSR count). The first kappa shape index (κ1) is 13.7. The maximum absolute atomic E-state index is 12.7. The number of carbonyl (C=O) groups excluding carboxylic acids is 1. The first-order chi connectivity index (χ1) is 7.76. The molecule has 1 N–H and O–H groups in total. The Kier molecular flexibility index (Phi) is 3.92. The summed E-state index contributed by atoms with van der Waals surface area (Å²) in [7, 11) is 0. The van der Waals surface area contributed by atoms with Gasteiger partial charge < -0.3 is 5.32 Å². The van der Waals surface area contributed by atoms with E-state index >= 15 is 0 Å². The molecular formula is C9H7ClF4N2O. The fourth-order valence-electron chi connectivity index (χ4n) is 0.971. The summed E-state index contributed by atoms with van der Waals surface area (Å²) in [6.45, 7) is 1.46. The van der Waals surface area contributed by atoms with Crippen LogP contribution >= 0.6 is 11.6 Å². The highest BCUT2D eigenvalue weighted by Crippen LogP contribution is 2.28. The van der Waals surface area contributed by atoms with Gasteiger partial charge in [-0.05, 0) is 18.6 Å². The smallest absolute Gasteiger partial charge is 0.318 e. The molecule has 1 amide bonds. The van der Waals surface area contributed by atoms with Crippen molar-refractivity contribution in [2.75, 3.05) is 5.32 Å². The fraction of sp³-hybridized carbons (Fsp3) is 0.333. The Bertz CT molecular complexity index is 419. The van der Waals surface area contributed by atoms with Gasteiger partial charge in [0, 0.05) is 6.20 Å². The van der Waals surface area contributed by atoms with Crippen LogP contribution in [0.25, 0.3) is 0 Å². The number of hydrogen-bond acceptors (Lipinski definition) is 2. The van der Waals surface area contributed by atoms with Crippen LogP contribution in [-0.2, 0) is 4.79 Å². The summed E-state index contributed by atoms with van der Waals surface area (Å²) in [5.41, 5.74) is 0.128. The molecule has 0 bridgehead atoms. The van der Waals surface area contributed by atoms with Gasteiger partial charge in [-0.15, -0.1) is 0 Å². The Morgan fingerprint density at radius 1 is 1.53 bits per heavy atom. The van der Waals surface area contributed by atoms with Crippen LogP contribution in [0.5, 0.6) is 0 Å². The summed E-state index contributed by atoms with van der Waals surface area (Å²) in [5, 5.41) is 1.39. The van der Waals surface area contributed by atoms with Crippen molar-refractivity contribution in [3.63, 3.8) is 0 Å². The predicted molar refractivity (Wildman–Crippen MR) is 53.6 cm³/mol. The molecule has 94 valence electrons. The van der Waals surface area contributed by atoms with E-state index in [-0.39, 0.29) is 10.8 Å². The molecule has 8 heteroatoms. The number of rotatable bonds is 3. The summed E-state index contributed by atoms with van der Waals surface area (Å²) >= 11 is 5.55. The van der Waals surface area contributed by atoms with Crippen molar-refractivity contribution in [3.8, 4) is 0 Å². The minimum absolute atomic E-state index is 0.209. The molecule has 1 aromatic rings. The first-order valence-corrected chi connectivity index (χ1v) is 4.73. The molecule has 0 fully saturated rings. The van der Waals surface area contributed by atoms with Crippen LogP contribution in [0.4, 0.5) is 23.2 Å². The minimum Gasteiger partial charge on any atom is -0.318 e. The van der Waals surface area contributed by atoms with Crippen LogP contribution in [0, 0.1) is 6.92 Å². The van der Waals surface area contributed by atoms with E-state index in [0.29, 0.717) is 5.56 Å². The molecule has 0 aliphatic carbocycles. The number of hydrogen-bond donors (Lipinski definition) is 1. The molecule has 0 aliphatic heterocycles. The van der Waals surface area contributed by atoms with Crippen LogP contribution in [-0.4, -0.2) is 23.2 Å². The van der Waals surface area contributed by atoms with Gasteiger partial charge in [0.25, 0.3) is 0 Å². The monoisotopic (exact) mass is 270 g/mol. The zero-order chi connectivity index (χ0) is 13.2. The van der Waals surface area contributed by atoms with Gasteiger partial charge in [0.05, 0.1) is 5.69 Å². The minimum atomic E-state index is -4.77. The lowest BCUT2D eigenvalue weighted by Gasteiger charge is -2.16. The van der Waals surface area contributed by atoms with Crippen LogP contribution in [0.15, 0.2) is 12.3 Å². The third-order valence-electron chi connectivity index (χ3n) is 1.93. The molecule has 0 spiro atoms. The van der Waals surface area contributed by atoms with Gasteiger partial charge >= 0.3 is 18.3 Å². The first-order valence-electron chi connectivity index (χ1n) is 4.35. The lowest BCUT2D eigenvalue weighted by atomic mass is 10.2. The second kappa shape index (κ2) is 4.87. The topological polar surface area (TPSA) is 42.0 Å². The van der Waals surface area contributed by atoms with Gasteiger partial charge in [-0.1, -0.05) is 11.6 Å². The molecule has 1 aromatic heterocycles. The van der Waals surface area contributed by atoms with Crippen molar-refractivity contribution in [3.05, 3.63) is 23.0 Å². The van der Waals surface area contributed by atoms with Crippen molar-refractivity contribution < 1.29 is 22.4 Å². The van der Waals surface area contributed by atoms with Gasteiger partial charge in [-0.25, -0.2) is 13.8 Å². The highest BCUT2D eigenvalue weighted by atomic mass is 35.5. The van der Waals surface area contributed by atoms with Crippen LogP contribution < -0.4 is 5.32 Å². The summed E-state index contributed by atoms with van der Waals surface area (Å²) in [6.07, 6.45) is -2.79. The number of aryl methyl sites for hydroxylation is 1. The van der Waals surface area contributed by atoms with Crippen LogP contribution in [0.2, 0.25) is 5.15 Å². The lowest BCUT2D eigenvalue weighted by Crippen LogP contribution is -2.41. The quantitative estimate of drug-likeness (QED) is 0.678. The predicted octanol–water partition coefficient (Wildman–Crippen LogP) is 2.88. The van der Waals surface area contributed by atoms with E-state index in [2.05, 4.69) is 4.98 Å². The van der Waals surface area contributed by atoms with Gasteiger partial charge in [-0.3, -0.25) is 4.79 Å². The molecule has 3 nitrogen and oxygen atoms in total. The molecule has 0 saturated heterocycles. The molecule has 0 unspecified atom stereocenters. The Labute approximate surface area is 98.8 Å². The normalized spacial score (nSPS) is 11.7. The van der Waals surface area contributed by atoms with Crippen molar-refractivity contribution >= 4 is 23.2 Å². The molecule has 0 aliphatic rings. The molecule has 0 radical (unpaired) electrons. The molecule has 0 aromatic carbocycles. The number of anilines is 1. The second-order valence-electron chi connectivity index (χ2n) is 3.17. The van der Waals surface area contributed by atoms with Gasteiger partial charge in [0.2, 0.25) is 0 Å². The Morgan fingerprint density at radius 3 is 2.59 bits per heavy atom. The number of pyridine rings is 1. The Balaban J connectivity index is 2.96. The van der Waals surface area contributed by atoms with Crippen molar-refractivity contribution in [2.24, 2.45) is 0 Å². The summed E-state index contributed by atoms with van der Waals surface area (Å²) in [5.74, 6) is -6.89. The van der Waals surface area contributed by atoms with Gasteiger partial charge in [-0.2, -0.15) is 8.78 Å². The zero-order valence-electron chi connectivity index (χ0n) is 8.48. The maximum atomic E-state index is 12.7. The highest BCUT2D eigenvalue weighted by molar-refractivity contribution is 6.32. The number of nitrogens with zero attached hydrogens (tertiary/aromatic N) is 1. The average molecular weight is 271 g/mol. The van der Waals surface area contributed by atoms with Gasteiger partial charge in [0.1, 0.15) is 0 Å². The highest BCUT2D eigenvalue weighted by Gasteiger charge is 2.49. The summed E-state index contributed by atoms with van der Waals surface area (Å²) in [4.78, 5) is 14.5. The van der Waals surface area contributed by atoms with E-state index in [9.17, 15) is 22.4 Å². The van der Waals surface area contributed by atoms with Gasteiger partial charge in [0.15, 0.2) is 5.15 Å². The van der Waals surface area contributed by atoms with E-state index in [1.165, 1.54) is 19.2 Å². The van der Waals surface area contributed by atoms with Crippen molar-refractivity contribution in [1.82, 2.24) is 4.98 Å². The number of alkyl halides is 4. The van der Waals surface area contributed by atoms with Crippen LogP contribution in [0.3, 0.4) is 0 Å². The van der Waals surface area contributed by atoms with E-state index in [1.807, 2.05) is 0 Å². The third kappa shape index (κ3) is 2.85. The van der Waals surface area contributed by atoms with E-state index in [4.69, 9.17) is 11.6 Å². The SMILES string of the molecule is Cc1ccnc(Cl)c1NC(=O)C(F)(F)C(F)F. The van der Waals surface area contributed by atoms with E-state index < -0.39 is 18.3 Å². The molecular weight excluding hydrogens is 264 g/mol. The number of amides is 1. The average Bonchev–Trinajstić information content (AvgIpc) is 2.23. The molecule has 1 heterocycles. The Hall–Kier alpha value is -1.37. The number of carbonyl (C=O) groups is 1.